The van der Waals surface area contributed by atoms with E-state index < -0.39 is 0 Å². The van der Waals surface area contributed by atoms with Crippen LogP contribution in [0.15, 0.2) is 0 Å². The van der Waals surface area contributed by atoms with Crippen molar-refractivity contribution in [1.82, 2.24) is 19.6 Å². The van der Waals surface area contributed by atoms with E-state index in [2.05, 4.69) is 76.0 Å². The molecule has 0 saturated carbocycles. The molecule has 0 heterocycles. The van der Waals surface area contributed by atoms with Crippen LogP contribution in [0.25, 0.3) is 0 Å². The summed E-state index contributed by atoms with van der Waals surface area (Å²) in [6.07, 6.45) is 1.65. The number of rotatable bonds is 7. The van der Waals surface area contributed by atoms with Crippen molar-refractivity contribution in [3.8, 4) is 0 Å². The third-order valence-electron chi connectivity index (χ3n) is 2.98. The van der Waals surface area contributed by atoms with Crippen molar-refractivity contribution in [3.05, 3.63) is 0 Å². The van der Waals surface area contributed by atoms with E-state index in [4.69, 9.17) is 0 Å². The fourth-order valence-electron chi connectivity index (χ4n) is 2.00. The van der Waals surface area contributed by atoms with Gasteiger partial charge in [0.15, 0.2) is 0 Å². The molecule has 0 aliphatic rings. The van der Waals surface area contributed by atoms with E-state index >= 15 is 0 Å². The molecule has 0 saturated heterocycles. The Morgan fingerprint density at radius 3 is 1.38 bits per heavy atom. The maximum Gasteiger partial charge on any atom is 0.0628 e. The minimum absolute atomic E-state index is 0.493. The molecule has 4 heteroatoms. The van der Waals surface area contributed by atoms with Crippen molar-refractivity contribution < 1.29 is 0 Å². The van der Waals surface area contributed by atoms with Crippen LogP contribution in [0.2, 0.25) is 0 Å². The summed E-state index contributed by atoms with van der Waals surface area (Å²) in [7, 11) is 17.2. The van der Waals surface area contributed by atoms with Gasteiger partial charge in [-0.2, -0.15) is 0 Å². The molecular weight excluding hydrogens is 200 g/mol. The lowest BCUT2D eigenvalue weighted by Crippen LogP contribution is -2.48. The zero-order valence-corrected chi connectivity index (χ0v) is 12.4. The Balaban J connectivity index is 4.45. The quantitative estimate of drug-likeness (QED) is 0.584. The normalized spacial score (nSPS) is 14.8. The van der Waals surface area contributed by atoms with Gasteiger partial charge in [0.1, 0.15) is 0 Å². The highest BCUT2D eigenvalue weighted by Crippen LogP contribution is 2.10. The van der Waals surface area contributed by atoms with Crippen LogP contribution < -0.4 is 0 Å². The topological polar surface area (TPSA) is 13.0 Å². The van der Waals surface area contributed by atoms with Gasteiger partial charge in [-0.3, -0.25) is 9.80 Å². The maximum absolute atomic E-state index is 2.32. The zero-order chi connectivity index (χ0) is 12.9. The fourth-order valence-corrected chi connectivity index (χ4v) is 2.00. The lowest BCUT2D eigenvalue weighted by atomic mass is 10.1. The molecule has 0 aromatic rings. The molecule has 0 radical (unpaired) electrons. The number of nitrogens with zero attached hydrogens (tertiary/aromatic N) is 4. The monoisotopic (exact) mass is 230 g/mol. The Hall–Kier alpha value is -0.160. The van der Waals surface area contributed by atoms with Gasteiger partial charge < -0.3 is 9.80 Å². The molecule has 1 unspecified atom stereocenters. The van der Waals surface area contributed by atoms with Gasteiger partial charge in [0, 0.05) is 12.6 Å². The third-order valence-corrected chi connectivity index (χ3v) is 2.98. The minimum atomic E-state index is 0.493. The van der Waals surface area contributed by atoms with Gasteiger partial charge in [-0.05, 0) is 62.8 Å². The lowest BCUT2D eigenvalue weighted by molar-refractivity contribution is 0.0811. The molecule has 0 N–H and O–H groups in total. The number of hydrogen-bond acceptors (Lipinski definition) is 4. The van der Waals surface area contributed by atoms with Gasteiger partial charge in [0.25, 0.3) is 0 Å². The van der Waals surface area contributed by atoms with Crippen molar-refractivity contribution in [2.24, 2.45) is 0 Å². The Bertz CT molecular complexity index is 170. The van der Waals surface area contributed by atoms with E-state index in [1.807, 2.05) is 0 Å². The largest absolute Gasteiger partial charge is 0.308 e. The van der Waals surface area contributed by atoms with Gasteiger partial charge in [-0.15, -0.1) is 0 Å². The molecule has 0 bridgehead atoms. The van der Waals surface area contributed by atoms with Crippen molar-refractivity contribution in [2.75, 3.05) is 62.9 Å². The van der Waals surface area contributed by atoms with Crippen molar-refractivity contribution >= 4 is 0 Å². The van der Waals surface area contributed by atoms with Crippen LogP contribution in [0.1, 0.15) is 6.42 Å². The second-order valence-corrected chi connectivity index (χ2v) is 5.52. The van der Waals surface area contributed by atoms with Gasteiger partial charge in [-0.1, -0.05) is 0 Å². The molecule has 0 amide bonds. The average Bonchev–Trinajstić information content (AvgIpc) is 2.09. The summed E-state index contributed by atoms with van der Waals surface area (Å²) in [6.45, 7) is 1.10. The smallest absolute Gasteiger partial charge is 0.0628 e. The summed E-state index contributed by atoms with van der Waals surface area (Å²) in [5.74, 6) is 0. The van der Waals surface area contributed by atoms with Crippen LogP contribution in [-0.2, 0) is 0 Å². The number of likely N-dealkylation sites (N-methyl/N-ethyl adjacent to an activating group) is 2. The van der Waals surface area contributed by atoms with Crippen molar-refractivity contribution in [3.63, 3.8) is 0 Å². The molecule has 16 heavy (non-hydrogen) atoms. The first-order valence-electron chi connectivity index (χ1n) is 5.89. The van der Waals surface area contributed by atoms with Crippen LogP contribution in [0.3, 0.4) is 0 Å². The molecule has 1 atom stereocenters. The van der Waals surface area contributed by atoms with E-state index in [0.717, 1.165) is 13.0 Å². The third kappa shape index (κ3) is 5.80. The van der Waals surface area contributed by atoms with E-state index in [9.17, 15) is 0 Å². The lowest BCUT2D eigenvalue weighted by Gasteiger charge is -2.36. The van der Waals surface area contributed by atoms with Gasteiger partial charge in [0.2, 0.25) is 0 Å². The molecule has 0 aliphatic heterocycles. The second-order valence-electron chi connectivity index (χ2n) is 5.52. The van der Waals surface area contributed by atoms with E-state index in [0.29, 0.717) is 12.2 Å². The second kappa shape index (κ2) is 7.22. The standard InChI is InChI=1S/C12H30N4/c1-13(2)10-11(14(3)4)9-12(15(5)6)16(7)8/h11-12H,9-10H2,1-8H3. The molecule has 0 aliphatic carbocycles. The van der Waals surface area contributed by atoms with E-state index in [-0.39, 0.29) is 0 Å². The molecule has 0 spiro atoms. The maximum atomic E-state index is 2.32. The summed E-state index contributed by atoms with van der Waals surface area (Å²) in [4.78, 5) is 9.14. The molecule has 0 rings (SSSR count). The van der Waals surface area contributed by atoms with Crippen LogP contribution in [0.5, 0.6) is 0 Å². The molecule has 0 aromatic heterocycles. The predicted octanol–water partition coefficient (Wildman–Crippen LogP) is 0.318. The van der Waals surface area contributed by atoms with Gasteiger partial charge >= 0.3 is 0 Å². The highest BCUT2D eigenvalue weighted by molar-refractivity contribution is 4.76. The predicted molar refractivity (Wildman–Crippen MR) is 71.8 cm³/mol. The summed E-state index contributed by atoms with van der Waals surface area (Å²) < 4.78 is 0. The molecule has 0 fully saturated rings. The first kappa shape index (κ1) is 15.8. The first-order chi connectivity index (χ1) is 7.25. The highest BCUT2D eigenvalue weighted by Gasteiger charge is 2.21. The summed E-state index contributed by atoms with van der Waals surface area (Å²) in [6, 6.07) is 0.588. The van der Waals surface area contributed by atoms with Crippen LogP contribution in [0, 0.1) is 0 Å². The summed E-state index contributed by atoms with van der Waals surface area (Å²) in [5, 5.41) is 0. The van der Waals surface area contributed by atoms with Crippen LogP contribution >= 0.6 is 0 Å². The van der Waals surface area contributed by atoms with Crippen molar-refractivity contribution in [1.29, 1.82) is 0 Å². The van der Waals surface area contributed by atoms with E-state index in [1.54, 1.807) is 0 Å². The average molecular weight is 230 g/mol. The van der Waals surface area contributed by atoms with Crippen LogP contribution in [-0.4, -0.2) is 94.7 Å². The van der Waals surface area contributed by atoms with E-state index in [1.165, 1.54) is 0 Å². The molecule has 0 aromatic carbocycles. The van der Waals surface area contributed by atoms with Crippen molar-refractivity contribution in [2.45, 2.75) is 18.6 Å². The van der Waals surface area contributed by atoms with Crippen LogP contribution in [0.4, 0.5) is 0 Å². The Morgan fingerprint density at radius 1 is 0.688 bits per heavy atom. The number of hydrogen-bond donors (Lipinski definition) is 0. The Labute approximate surface area is 102 Å². The van der Waals surface area contributed by atoms with Gasteiger partial charge in [0.05, 0.1) is 6.17 Å². The summed E-state index contributed by atoms with van der Waals surface area (Å²) in [5.41, 5.74) is 0. The SMILES string of the molecule is CN(C)CC(CC(N(C)C)N(C)C)N(C)C. The Kier molecular flexibility index (Phi) is 7.15. The fraction of sp³-hybridized carbons (Fsp3) is 1.00. The first-order valence-corrected chi connectivity index (χ1v) is 5.89. The molecule has 98 valence electrons. The zero-order valence-electron chi connectivity index (χ0n) is 12.4. The highest BCUT2D eigenvalue weighted by atomic mass is 15.3. The molecule has 4 nitrogen and oxygen atoms in total. The summed E-state index contributed by atoms with van der Waals surface area (Å²) >= 11 is 0. The molecular formula is C12H30N4. The minimum Gasteiger partial charge on any atom is -0.308 e. The Morgan fingerprint density at radius 2 is 1.12 bits per heavy atom. The van der Waals surface area contributed by atoms with Gasteiger partial charge in [-0.25, -0.2) is 0 Å².